The Morgan fingerprint density at radius 1 is 1.15 bits per heavy atom. The van der Waals surface area contributed by atoms with Crippen LogP contribution in [-0.2, 0) is 13.0 Å². The van der Waals surface area contributed by atoms with Crippen LogP contribution in [0.1, 0.15) is 24.7 Å². The molecule has 0 unspecified atom stereocenters. The molecule has 0 bridgehead atoms. The van der Waals surface area contributed by atoms with Crippen LogP contribution in [0.4, 0.5) is 0 Å². The summed E-state index contributed by atoms with van der Waals surface area (Å²) >= 11 is 0. The molecule has 0 aliphatic heterocycles. The fourth-order valence-electron chi connectivity index (χ4n) is 2.52. The fourth-order valence-corrected chi connectivity index (χ4v) is 2.52. The van der Waals surface area contributed by atoms with E-state index >= 15 is 0 Å². The van der Waals surface area contributed by atoms with Gasteiger partial charge in [0.1, 0.15) is 12.4 Å². The van der Waals surface area contributed by atoms with E-state index in [9.17, 15) is 0 Å². The lowest BCUT2D eigenvalue weighted by atomic mass is 10.1. The number of hydrogen-bond donors (Lipinski definition) is 3. The van der Waals surface area contributed by atoms with Crippen molar-refractivity contribution in [3.63, 3.8) is 0 Å². The molecule has 2 aromatic heterocycles. The summed E-state index contributed by atoms with van der Waals surface area (Å²) in [7, 11) is 0. The number of furan rings is 1. The molecule has 7 nitrogen and oxygen atoms in total. The summed E-state index contributed by atoms with van der Waals surface area (Å²) in [6, 6.07) is 14.1. The van der Waals surface area contributed by atoms with Gasteiger partial charge in [-0.3, -0.25) is 5.10 Å². The van der Waals surface area contributed by atoms with Crippen molar-refractivity contribution >= 4 is 5.96 Å². The average Bonchev–Trinajstić information content (AvgIpc) is 3.35. The van der Waals surface area contributed by atoms with E-state index in [0.717, 1.165) is 31.9 Å². The molecular formula is C19H24N6O. The van der Waals surface area contributed by atoms with E-state index in [1.807, 2.05) is 25.1 Å². The number of nitrogens with one attached hydrogen (secondary N) is 3. The maximum Gasteiger partial charge on any atom is 0.216 e. The first-order valence-electron chi connectivity index (χ1n) is 8.86. The molecule has 1 aromatic carbocycles. The molecule has 2 heterocycles. The van der Waals surface area contributed by atoms with E-state index in [0.29, 0.717) is 24.0 Å². The summed E-state index contributed by atoms with van der Waals surface area (Å²) in [5, 5.41) is 13.6. The number of hydrogen-bond acceptors (Lipinski definition) is 4. The maximum absolute atomic E-state index is 5.29. The third kappa shape index (κ3) is 5.20. The first kappa shape index (κ1) is 17.7. The normalized spacial score (nSPS) is 11.5. The molecule has 0 atom stereocenters. The van der Waals surface area contributed by atoms with Gasteiger partial charge in [0.2, 0.25) is 5.82 Å². The van der Waals surface area contributed by atoms with Crippen molar-refractivity contribution in [2.45, 2.75) is 26.3 Å². The Kier molecular flexibility index (Phi) is 6.41. The van der Waals surface area contributed by atoms with Gasteiger partial charge in [-0.2, -0.15) is 0 Å². The highest BCUT2D eigenvalue weighted by atomic mass is 16.3. The van der Waals surface area contributed by atoms with E-state index < -0.39 is 0 Å². The van der Waals surface area contributed by atoms with Crippen molar-refractivity contribution in [1.29, 1.82) is 0 Å². The second-order valence-electron chi connectivity index (χ2n) is 5.79. The van der Waals surface area contributed by atoms with Crippen molar-refractivity contribution in [3.8, 4) is 11.6 Å². The van der Waals surface area contributed by atoms with Crippen LogP contribution >= 0.6 is 0 Å². The second kappa shape index (κ2) is 9.41. The minimum Gasteiger partial charge on any atom is -0.461 e. The Bertz CT molecular complexity index is 795. The largest absolute Gasteiger partial charge is 0.461 e. The predicted octanol–water partition coefficient (Wildman–Crippen LogP) is 2.75. The van der Waals surface area contributed by atoms with Gasteiger partial charge in [-0.05, 0) is 37.5 Å². The van der Waals surface area contributed by atoms with Gasteiger partial charge in [0, 0.05) is 13.1 Å². The van der Waals surface area contributed by atoms with Gasteiger partial charge in [0.05, 0.1) is 6.26 Å². The predicted molar refractivity (Wildman–Crippen MR) is 102 cm³/mol. The molecule has 0 aliphatic carbocycles. The molecule has 26 heavy (non-hydrogen) atoms. The topological polar surface area (TPSA) is 91.1 Å². The molecular weight excluding hydrogens is 328 g/mol. The van der Waals surface area contributed by atoms with Crippen LogP contribution in [-0.4, -0.2) is 34.2 Å². The number of benzene rings is 1. The highest BCUT2D eigenvalue weighted by molar-refractivity contribution is 5.79. The lowest BCUT2D eigenvalue weighted by molar-refractivity contribution is 0.577. The average molecular weight is 352 g/mol. The molecule has 3 N–H and O–H groups in total. The van der Waals surface area contributed by atoms with Crippen molar-refractivity contribution in [2.24, 2.45) is 4.99 Å². The Morgan fingerprint density at radius 2 is 2.04 bits per heavy atom. The van der Waals surface area contributed by atoms with Gasteiger partial charge in [-0.25, -0.2) is 9.98 Å². The minimum absolute atomic E-state index is 0.418. The van der Waals surface area contributed by atoms with Gasteiger partial charge in [0.25, 0.3) is 0 Å². The zero-order valence-corrected chi connectivity index (χ0v) is 14.9. The first-order chi connectivity index (χ1) is 12.8. The summed E-state index contributed by atoms with van der Waals surface area (Å²) in [6.07, 6.45) is 3.69. The highest BCUT2D eigenvalue weighted by Crippen LogP contribution is 2.14. The monoisotopic (exact) mass is 352 g/mol. The molecule has 0 fully saturated rings. The number of guanidine groups is 1. The van der Waals surface area contributed by atoms with Gasteiger partial charge >= 0.3 is 0 Å². The van der Waals surface area contributed by atoms with Crippen LogP contribution in [0, 0.1) is 0 Å². The highest BCUT2D eigenvalue weighted by Gasteiger charge is 2.08. The first-order valence-corrected chi connectivity index (χ1v) is 8.86. The van der Waals surface area contributed by atoms with Crippen LogP contribution in [0.15, 0.2) is 58.1 Å². The van der Waals surface area contributed by atoms with E-state index in [1.54, 1.807) is 6.26 Å². The molecule has 0 amide bonds. The molecule has 7 heteroatoms. The lowest BCUT2D eigenvalue weighted by Gasteiger charge is -2.10. The molecule has 0 aliphatic rings. The Hall–Kier alpha value is -3.09. The Balaban J connectivity index is 1.49. The van der Waals surface area contributed by atoms with Crippen molar-refractivity contribution in [2.75, 3.05) is 13.1 Å². The number of aromatic nitrogens is 3. The zero-order valence-electron chi connectivity index (χ0n) is 14.9. The van der Waals surface area contributed by atoms with Crippen molar-refractivity contribution in [1.82, 2.24) is 25.8 Å². The summed E-state index contributed by atoms with van der Waals surface area (Å²) in [5.41, 5.74) is 1.35. The fraction of sp³-hybridized carbons (Fsp3) is 0.316. The van der Waals surface area contributed by atoms with Crippen molar-refractivity contribution < 1.29 is 4.42 Å². The Morgan fingerprint density at radius 3 is 2.81 bits per heavy atom. The number of nitrogens with zero attached hydrogens (tertiary/aromatic N) is 3. The maximum atomic E-state index is 5.29. The molecule has 3 aromatic rings. The van der Waals surface area contributed by atoms with Crippen LogP contribution in [0.2, 0.25) is 0 Å². The molecule has 0 spiro atoms. The van der Waals surface area contributed by atoms with Crippen LogP contribution in [0.25, 0.3) is 11.6 Å². The van der Waals surface area contributed by atoms with Gasteiger partial charge in [-0.1, -0.05) is 30.3 Å². The van der Waals surface area contributed by atoms with Gasteiger partial charge in [-0.15, -0.1) is 5.10 Å². The Labute approximate surface area is 153 Å². The summed E-state index contributed by atoms with van der Waals surface area (Å²) in [6.45, 7) is 4.12. The van der Waals surface area contributed by atoms with E-state index in [2.05, 4.69) is 55.1 Å². The smallest absolute Gasteiger partial charge is 0.216 e. The summed E-state index contributed by atoms with van der Waals surface area (Å²) in [5.74, 6) is 2.65. The van der Waals surface area contributed by atoms with E-state index in [-0.39, 0.29) is 0 Å². The molecule has 3 rings (SSSR count). The number of aliphatic imine (C=N–C) groups is 1. The quantitative estimate of drug-likeness (QED) is 0.329. The number of aromatic amines is 1. The van der Waals surface area contributed by atoms with Crippen molar-refractivity contribution in [3.05, 3.63) is 60.1 Å². The van der Waals surface area contributed by atoms with Crippen LogP contribution in [0.3, 0.4) is 0 Å². The van der Waals surface area contributed by atoms with Crippen LogP contribution in [0.5, 0.6) is 0 Å². The van der Waals surface area contributed by atoms with Crippen LogP contribution < -0.4 is 10.6 Å². The summed E-state index contributed by atoms with van der Waals surface area (Å²) in [4.78, 5) is 8.95. The minimum atomic E-state index is 0.418. The second-order valence-corrected chi connectivity index (χ2v) is 5.79. The lowest BCUT2D eigenvalue weighted by Crippen LogP contribution is -2.37. The molecule has 0 radical (unpaired) electrons. The third-order valence-corrected chi connectivity index (χ3v) is 3.78. The zero-order chi connectivity index (χ0) is 18.0. The molecule has 0 saturated carbocycles. The molecule has 136 valence electrons. The summed E-state index contributed by atoms with van der Waals surface area (Å²) < 4.78 is 5.29. The van der Waals surface area contributed by atoms with Gasteiger partial charge < -0.3 is 15.1 Å². The number of rotatable bonds is 8. The van der Waals surface area contributed by atoms with E-state index in [4.69, 9.17) is 4.42 Å². The van der Waals surface area contributed by atoms with E-state index in [1.165, 1.54) is 5.56 Å². The number of H-pyrrole nitrogens is 1. The standard InChI is InChI=1S/C19H24N6O/c1-2-20-19(21-12-6-10-15-8-4-3-5-9-15)22-14-17-23-18(25-24-17)16-11-7-13-26-16/h3-5,7-9,11,13H,2,6,10,12,14H2,1H3,(H2,20,21,22)(H,23,24,25). The third-order valence-electron chi connectivity index (χ3n) is 3.78. The molecule has 0 saturated heterocycles. The number of aryl methyl sites for hydroxylation is 1. The van der Waals surface area contributed by atoms with Gasteiger partial charge in [0.15, 0.2) is 11.7 Å². The SMILES string of the molecule is CCNC(=NCc1nc(-c2ccco2)n[nH]1)NCCCc1ccccc1.